The lowest BCUT2D eigenvalue weighted by Crippen LogP contribution is -1.90. The molecule has 0 spiro atoms. The van der Waals surface area contributed by atoms with Crippen LogP contribution in [0.5, 0.6) is 0 Å². The summed E-state index contributed by atoms with van der Waals surface area (Å²) in [5.41, 5.74) is 6.35. The van der Waals surface area contributed by atoms with Crippen LogP contribution in [0.25, 0.3) is 65.3 Å². The molecule has 0 aliphatic rings. The van der Waals surface area contributed by atoms with Crippen LogP contribution in [-0.4, -0.2) is 0 Å². The van der Waals surface area contributed by atoms with Gasteiger partial charge in [-0.3, -0.25) is 0 Å². The largest absolute Gasteiger partial charge is 0.0616 e. The lowest BCUT2D eigenvalue weighted by Gasteiger charge is -2.16. The molecule has 0 aliphatic carbocycles. The minimum Gasteiger partial charge on any atom is -0.0616 e. The van der Waals surface area contributed by atoms with Gasteiger partial charge in [-0.25, -0.2) is 0 Å². The molecule has 7 aromatic carbocycles. The molecule has 0 fully saturated rings. The van der Waals surface area contributed by atoms with Crippen LogP contribution in [0, 0.1) is 6.92 Å². The van der Waals surface area contributed by atoms with Crippen molar-refractivity contribution >= 4 is 43.1 Å². The van der Waals surface area contributed by atoms with Crippen LogP contribution in [0.3, 0.4) is 0 Å². The number of aryl methyl sites for hydroxylation is 1. The van der Waals surface area contributed by atoms with Gasteiger partial charge in [0.2, 0.25) is 0 Å². The van der Waals surface area contributed by atoms with Crippen LogP contribution in [0.15, 0.2) is 127 Å². The fourth-order valence-electron chi connectivity index (χ4n) is 5.62. The summed E-state index contributed by atoms with van der Waals surface area (Å²) in [5.74, 6) is 0. The second kappa shape index (κ2) is 7.82. The second-order valence-corrected chi connectivity index (χ2v) is 9.43. The van der Waals surface area contributed by atoms with E-state index in [1.54, 1.807) is 0 Å². The molecular weight excluding hydrogens is 420 g/mol. The molecule has 164 valence electrons. The van der Waals surface area contributed by atoms with Crippen molar-refractivity contribution in [3.05, 3.63) is 133 Å². The van der Waals surface area contributed by atoms with Gasteiger partial charge >= 0.3 is 0 Å². The molecule has 0 heterocycles. The fourth-order valence-corrected chi connectivity index (χ4v) is 5.62. The summed E-state index contributed by atoms with van der Waals surface area (Å²) < 4.78 is 0. The minimum atomic E-state index is 1.25. The first kappa shape index (κ1) is 20.0. The van der Waals surface area contributed by atoms with Crippen LogP contribution < -0.4 is 0 Å². The van der Waals surface area contributed by atoms with Crippen molar-refractivity contribution < 1.29 is 0 Å². The molecule has 0 N–H and O–H groups in total. The van der Waals surface area contributed by atoms with E-state index in [0.29, 0.717) is 0 Å². The van der Waals surface area contributed by atoms with Crippen molar-refractivity contribution in [1.29, 1.82) is 0 Å². The van der Waals surface area contributed by atoms with Gasteiger partial charge in [-0.2, -0.15) is 0 Å². The molecule has 35 heavy (non-hydrogen) atoms. The molecule has 0 unspecified atom stereocenters. The molecule has 0 aliphatic heterocycles. The standard InChI is InChI=1S/C35H24/c1-23-14-16-25(17-15-23)35-27-9-3-2-8-24(27)18-20-28(35)26-19-21-33-31-12-5-4-10-29(31)30-11-6-7-13-32(30)34(33)22-26/h2-22H,1H3. The number of hydrogen-bond acceptors (Lipinski definition) is 0. The molecule has 0 saturated carbocycles. The smallest absolute Gasteiger partial charge is 0.00268 e. The monoisotopic (exact) mass is 444 g/mol. The van der Waals surface area contributed by atoms with E-state index >= 15 is 0 Å². The number of benzene rings is 7. The van der Waals surface area contributed by atoms with Gasteiger partial charge in [0.05, 0.1) is 0 Å². The normalized spacial score (nSPS) is 11.6. The quantitative estimate of drug-likeness (QED) is 0.233. The van der Waals surface area contributed by atoms with Gasteiger partial charge in [0.15, 0.2) is 0 Å². The van der Waals surface area contributed by atoms with Crippen molar-refractivity contribution in [3.8, 4) is 22.3 Å². The Balaban J connectivity index is 1.58. The Morgan fingerprint density at radius 3 is 1.54 bits per heavy atom. The van der Waals surface area contributed by atoms with Gasteiger partial charge in [-0.05, 0) is 78.3 Å². The SMILES string of the molecule is Cc1ccc(-c2c(-c3ccc4c5ccccc5c5ccccc5c4c3)ccc3ccccc23)cc1. The average molecular weight is 445 g/mol. The number of fused-ring (bicyclic) bond motifs is 7. The number of rotatable bonds is 2. The Bertz CT molecular complexity index is 1850. The van der Waals surface area contributed by atoms with Gasteiger partial charge in [-0.15, -0.1) is 0 Å². The molecule has 0 aromatic heterocycles. The third-order valence-electron chi connectivity index (χ3n) is 7.32. The van der Waals surface area contributed by atoms with E-state index in [4.69, 9.17) is 0 Å². The molecule has 0 bridgehead atoms. The fraction of sp³-hybridized carbons (Fsp3) is 0.0286. The summed E-state index contributed by atoms with van der Waals surface area (Å²) in [7, 11) is 0. The zero-order valence-electron chi connectivity index (χ0n) is 19.6. The summed E-state index contributed by atoms with van der Waals surface area (Å²) >= 11 is 0. The molecule has 0 amide bonds. The summed E-state index contributed by atoms with van der Waals surface area (Å²) in [5, 5.41) is 10.4. The molecule has 0 radical (unpaired) electrons. The van der Waals surface area contributed by atoms with E-state index in [2.05, 4.69) is 134 Å². The van der Waals surface area contributed by atoms with E-state index < -0.39 is 0 Å². The van der Waals surface area contributed by atoms with Crippen molar-refractivity contribution in [2.24, 2.45) is 0 Å². The van der Waals surface area contributed by atoms with Gasteiger partial charge in [0.25, 0.3) is 0 Å². The van der Waals surface area contributed by atoms with Crippen molar-refractivity contribution in [3.63, 3.8) is 0 Å². The van der Waals surface area contributed by atoms with Crippen LogP contribution in [-0.2, 0) is 0 Å². The van der Waals surface area contributed by atoms with E-state index in [1.807, 2.05) is 0 Å². The maximum absolute atomic E-state index is 2.39. The van der Waals surface area contributed by atoms with Crippen LogP contribution in [0.2, 0.25) is 0 Å². The summed E-state index contributed by atoms with van der Waals surface area (Å²) in [4.78, 5) is 0. The summed E-state index contributed by atoms with van der Waals surface area (Å²) in [6, 6.07) is 46.8. The first-order chi connectivity index (χ1) is 17.3. The minimum absolute atomic E-state index is 1.25. The Hall–Kier alpha value is -4.42. The zero-order valence-corrected chi connectivity index (χ0v) is 19.6. The van der Waals surface area contributed by atoms with Gasteiger partial charge < -0.3 is 0 Å². The Morgan fingerprint density at radius 1 is 0.371 bits per heavy atom. The molecule has 0 atom stereocenters. The third kappa shape index (κ3) is 3.15. The van der Waals surface area contributed by atoms with Crippen molar-refractivity contribution in [2.45, 2.75) is 6.92 Å². The van der Waals surface area contributed by atoms with Crippen LogP contribution >= 0.6 is 0 Å². The van der Waals surface area contributed by atoms with E-state index in [9.17, 15) is 0 Å². The van der Waals surface area contributed by atoms with Crippen molar-refractivity contribution in [1.82, 2.24) is 0 Å². The lowest BCUT2D eigenvalue weighted by atomic mass is 9.87. The highest BCUT2D eigenvalue weighted by Gasteiger charge is 2.14. The topological polar surface area (TPSA) is 0 Å². The highest BCUT2D eigenvalue weighted by atomic mass is 14.2. The Morgan fingerprint density at radius 2 is 0.886 bits per heavy atom. The summed E-state index contributed by atoms with van der Waals surface area (Å²) in [6.45, 7) is 2.15. The van der Waals surface area contributed by atoms with E-state index in [1.165, 1.54) is 70.9 Å². The first-order valence-electron chi connectivity index (χ1n) is 12.2. The first-order valence-corrected chi connectivity index (χ1v) is 12.2. The molecule has 0 nitrogen and oxygen atoms in total. The van der Waals surface area contributed by atoms with Gasteiger partial charge in [0.1, 0.15) is 0 Å². The highest BCUT2D eigenvalue weighted by Crippen LogP contribution is 2.41. The van der Waals surface area contributed by atoms with Gasteiger partial charge in [-0.1, -0.05) is 127 Å². The Kier molecular flexibility index (Phi) is 4.47. The molecule has 7 aromatic rings. The molecule has 0 heteroatoms. The predicted octanol–water partition coefficient (Wildman–Crippen LogP) is 9.94. The maximum Gasteiger partial charge on any atom is -0.00268 e. The molecule has 0 saturated heterocycles. The molecular formula is C35H24. The summed E-state index contributed by atoms with van der Waals surface area (Å²) in [6.07, 6.45) is 0. The Labute approximate surface area is 205 Å². The number of hydrogen-bond donors (Lipinski definition) is 0. The zero-order chi connectivity index (χ0) is 23.4. The van der Waals surface area contributed by atoms with E-state index in [0.717, 1.165) is 0 Å². The maximum atomic E-state index is 2.39. The third-order valence-corrected chi connectivity index (χ3v) is 7.32. The highest BCUT2D eigenvalue weighted by molar-refractivity contribution is 6.26. The predicted molar refractivity (Wildman–Crippen MR) is 152 cm³/mol. The van der Waals surface area contributed by atoms with Gasteiger partial charge in [0, 0.05) is 0 Å². The van der Waals surface area contributed by atoms with E-state index in [-0.39, 0.29) is 0 Å². The molecule has 7 rings (SSSR count). The van der Waals surface area contributed by atoms with Crippen LogP contribution in [0.1, 0.15) is 5.56 Å². The lowest BCUT2D eigenvalue weighted by molar-refractivity contribution is 1.47. The average Bonchev–Trinajstić information content (AvgIpc) is 2.93. The van der Waals surface area contributed by atoms with Crippen molar-refractivity contribution in [2.75, 3.05) is 0 Å². The second-order valence-electron chi connectivity index (χ2n) is 9.43. The van der Waals surface area contributed by atoms with Crippen LogP contribution in [0.4, 0.5) is 0 Å².